The summed E-state index contributed by atoms with van der Waals surface area (Å²) in [6, 6.07) is 7.20. The van der Waals surface area contributed by atoms with Gasteiger partial charge >= 0.3 is 0 Å². The van der Waals surface area contributed by atoms with E-state index in [-0.39, 0.29) is 11.7 Å². The Bertz CT molecular complexity index is 648. The smallest absolute Gasteiger partial charge is 0.223 e. The summed E-state index contributed by atoms with van der Waals surface area (Å²) in [5, 5.41) is 3.33. The molecule has 1 aromatic rings. The number of halogens is 1. The number of rotatable bonds is 6. The second-order valence-electron chi connectivity index (χ2n) is 9.00. The van der Waals surface area contributed by atoms with Crippen molar-refractivity contribution in [1.82, 2.24) is 10.2 Å². The highest BCUT2D eigenvalue weighted by molar-refractivity contribution is 5.81. The molecule has 1 heterocycles. The Morgan fingerprint density at radius 2 is 1.75 bits per heavy atom. The molecule has 1 unspecified atom stereocenters. The van der Waals surface area contributed by atoms with Crippen LogP contribution in [0.1, 0.15) is 45.4 Å². The minimum atomic E-state index is -0.182. The topological polar surface area (TPSA) is 35.6 Å². The summed E-state index contributed by atoms with van der Waals surface area (Å²) in [7, 11) is 0. The van der Waals surface area contributed by atoms with Gasteiger partial charge in [0.25, 0.3) is 0 Å². The lowest BCUT2D eigenvalue weighted by Crippen LogP contribution is -2.47. The van der Waals surface area contributed by atoms with Gasteiger partial charge in [0, 0.05) is 50.4 Å². The monoisotopic (exact) mass is 387 g/mol. The molecule has 0 spiro atoms. The Hall–Kier alpha value is -1.62. The Labute approximate surface area is 168 Å². The van der Waals surface area contributed by atoms with Gasteiger partial charge in [-0.1, -0.05) is 13.3 Å². The first kappa shape index (κ1) is 19.7. The summed E-state index contributed by atoms with van der Waals surface area (Å²) in [6.45, 7) is 7.29. The molecule has 154 valence electrons. The third kappa shape index (κ3) is 4.86. The van der Waals surface area contributed by atoms with Crippen LogP contribution in [0.25, 0.3) is 0 Å². The van der Waals surface area contributed by atoms with Crippen LogP contribution < -0.4 is 10.2 Å². The maximum absolute atomic E-state index is 13.1. The van der Waals surface area contributed by atoms with Crippen molar-refractivity contribution in [2.24, 2.45) is 17.8 Å². The van der Waals surface area contributed by atoms with Gasteiger partial charge in [-0.25, -0.2) is 4.39 Å². The number of carbonyl (C=O) groups excluding carboxylic acids is 1. The summed E-state index contributed by atoms with van der Waals surface area (Å²) in [6.07, 6.45) is 7.19. The van der Waals surface area contributed by atoms with Gasteiger partial charge in [-0.15, -0.1) is 0 Å². The van der Waals surface area contributed by atoms with Crippen LogP contribution in [0.2, 0.25) is 0 Å². The molecule has 0 radical (unpaired) electrons. The van der Waals surface area contributed by atoms with Crippen LogP contribution in [0.15, 0.2) is 24.3 Å². The van der Waals surface area contributed by atoms with E-state index in [0.29, 0.717) is 17.9 Å². The van der Waals surface area contributed by atoms with Crippen LogP contribution in [0, 0.1) is 23.6 Å². The number of nitrogens with one attached hydrogen (secondary N) is 1. The number of anilines is 1. The molecule has 1 aliphatic heterocycles. The van der Waals surface area contributed by atoms with Gasteiger partial charge in [0.15, 0.2) is 0 Å². The molecule has 0 aromatic heterocycles. The van der Waals surface area contributed by atoms with Gasteiger partial charge in [-0.05, 0) is 68.2 Å². The second-order valence-corrected chi connectivity index (χ2v) is 9.00. The quantitative estimate of drug-likeness (QED) is 0.809. The zero-order valence-electron chi connectivity index (χ0n) is 17.1. The highest BCUT2D eigenvalue weighted by Gasteiger charge is 2.44. The van der Waals surface area contributed by atoms with Crippen molar-refractivity contribution in [3.8, 4) is 0 Å². The lowest BCUT2D eigenvalue weighted by atomic mass is 9.84. The molecule has 1 saturated heterocycles. The van der Waals surface area contributed by atoms with Gasteiger partial charge in [-0.2, -0.15) is 0 Å². The summed E-state index contributed by atoms with van der Waals surface area (Å²) in [5.74, 6) is 1.76. The van der Waals surface area contributed by atoms with E-state index in [0.717, 1.165) is 63.6 Å². The molecule has 1 N–H and O–H groups in total. The third-order valence-corrected chi connectivity index (χ3v) is 7.09. The number of amides is 1. The van der Waals surface area contributed by atoms with E-state index in [2.05, 4.69) is 22.0 Å². The van der Waals surface area contributed by atoms with Crippen molar-refractivity contribution in [3.63, 3.8) is 0 Å². The Balaban J connectivity index is 1.16. The SMILES string of the molecule is CCC1CCC(NC(=O)[C@H]2CC2CN2CCN(c3ccc(F)cc3)CC2)CC1. The second kappa shape index (κ2) is 8.81. The molecule has 0 bridgehead atoms. The first-order valence-corrected chi connectivity index (χ1v) is 11.2. The van der Waals surface area contributed by atoms with Crippen LogP contribution in [0.5, 0.6) is 0 Å². The largest absolute Gasteiger partial charge is 0.369 e. The van der Waals surface area contributed by atoms with Crippen LogP contribution in [0.4, 0.5) is 10.1 Å². The van der Waals surface area contributed by atoms with Crippen molar-refractivity contribution in [2.75, 3.05) is 37.6 Å². The molecule has 28 heavy (non-hydrogen) atoms. The first-order chi connectivity index (χ1) is 13.6. The van der Waals surface area contributed by atoms with Crippen molar-refractivity contribution >= 4 is 11.6 Å². The Kier molecular flexibility index (Phi) is 6.19. The first-order valence-electron chi connectivity index (χ1n) is 11.2. The fraction of sp³-hybridized carbons (Fsp3) is 0.696. The van der Waals surface area contributed by atoms with Gasteiger partial charge in [0.1, 0.15) is 5.82 Å². The lowest BCUT2D eigenvalue weighted by molar-refractivity contribution is -0.123. The molecule has 2 atom stereocenters. The summed E-state index contributed by atoms with van der Waals surface area (Å²) in [5.41, 5.74) is 1.10. The van der Waals surface area contributed by atoms with E-state index in [1.807, 2.05) is 12.1 Å². The number of hydrogen-bond acceptors (Lipinski definition) is 3. The Morgan fingerprint density at radius 1 is 1.07 bits per heavy atom. The van der Waals surface area contributed by atoms with E-state index in [4.69, 9.17) is 0 Å². The highest BCUT2D eigenvalue weighted by Crippen LogP contribution is 2.40. The summed E-state index contributed by atoms with van der Waals surface area (Å²) in [4.78, 5) is 17.4. The van der Waals surface area contributed by atoms with E-state index in [1.54, 1.807) is 0 Å². The Morgan fingerprint density at radius 3 is 2.39 bits per heavy atom. The third-order valence-electron chi connectivity index (χ3n) is 7.09. The molecule has 1 amide bonds. The predicted octanol–water partition coefficient (Wildman–Crippen LogP) is 3.67. The summed E-state index contributed by atoms with van der Waals surface area (Å²) >= 11 is 0. The van der Waals surface area contributed by atoms with Crippen molar-refractivity contribution < 1.29 is 9.18 Å². The average molecular weight is 388 g/mol. The highest BCUT2D eigenvalue weighted by atomic mass is 19.1. The van der Waals surface area contributed by atoms with Gasteiger partial charge in [0.2, 0.25) is 5.91 Å². The number of nitrogens with zero attached hydrogens (tertiary/aromatic N) is 2. The molecule has 4 rings (SSSR count). The van der Waals surface area contributed by atoms with Gasteiger partial charge in [-0.3, -0.25) is 9.69 Å². The van der Waals surface area contributed by atoms with Crippen LogP contribution >= 0.6 is 0 Å². The van der Waals surface area contributed by atoms with E-state index in [1.165, 1.54) is 31.4 Å². The minimum absolute atomic E-state index is 0.182. The van der Waals surface area contributed by atoms with Crippen molar-refractivity contribution in [1.29, 1.82) is 0 Å². The molecular formula is C23H34FN3O. The van der Waals surface area contributed by atoms with Crippen molar-refractivity contribution in [2.45, 2.75) is 51.5 Å². The predicted molar refractivity (Wildman–Crippen MR) is 111 cm³/mol. The molecular weight excluding hydrogens is 353 g/mol. The molecule has 3 fully saturated rings. The number of carbonyl (C=O) groups is 1. The van der Waals surface area contributed by atoms with Crippen LogP contribution in [0.3, 0.4) is 0 Å². The number of benzene rings is 1. The van der Waals surface area contributed by atoms with Gasteiger partial charge < -0.3 is 10.2 Å². The molecule has 1 aromatic carbocycles. The normalized spacial score (nSPS) is 30.9. The van der Waals surface area contributed by atoms with Crippen LogP contribution in [-0.4, -0.2) is 49.6 Å². The number of hydrogen-bond donors (Lipinski definition) is 1. The molecule has 3 aliphatic rings. The molecule has 2 saturated carbocycles. The van der Waals surface area contributed by atoms with E-state index >= 15 is 0 Å². The summed E-state index contributed by atoms with van der Waals surface area (Å²) < 4.78 is 13.1. The zero-order valence-corrected chi connectivity index (χ0v) is 17.1. The fourth-order valence-corrected chi connectivity index (χ4v) is 4.97. The minimum Gasteiger partial charge on any atom is -0.369 e. The molecule has 5 heteroatoms. The lowest BCUT2D eigenvalue weighted by Gasteiger charge is -2.36. The van der Waals surface area contributed by atoms with E-state index < -0.39 is 0 Å². The number of piperazine rings is 1. The fourth-order valence-electron chi connectivity index (χ4n) is 4.97. The van der Waals surface area contributed by atoms with E-state index in [9.17, 15) is 9.18 Å². The standard InChI is InChI=1S/C23H34FN3O/c1-2-17-3-7-20(8-4-17)25-23(28)22-15-18(22)16-26-11-13-27(14-12-26)21-9-5-19(24)6-10-21/h5-6,9-10,17-18,20,22H,2-4,7-8,11-16H2,1H3,(H,25,28)/t17?,18?,20?,22-/m0/s1. The molecule has 2 aliphatic carbocycles. The van der Waals surface area contributed by atoms with Crippen LogP contribution in [-0.2, 0) is 4.79 Å². The maximum Gasteiger partial charge on any atom is 0.223 e. The maximum atomic E-state index is 13.1. The average Bonchev–Trinajstić information content (AvgIpc) is 3.49. The molecule has 4 nitrogen and oxygen atoms in total. The van der Waals surface area contributed by atoms with Crippen molar-refractivity contribution in [3.05, 3.63) is 30.1 Å². The van der Waals surface area contributed by atoms with Gasteiger partial charge in [0.05, 0.1) is 0 Å². The zero-order chi connectivity index (χ0) is 19.5.